The molecular formula is C13H16ClN3O4. The van der Waals surface area contributed by atoms with E-state index in [1.54, 1.807) is 18.2 Å². The molecule has 3 N–H and O–H groups in total. The number of carbonyl (C=O) groups is 1. The zero-order chi connectivity index (χ0) is 15.6. The monoisotopic (exact) mass is 313 g/mol. The van der Waals surface area contributed by atoms with E-state index in [9.17, 15) is 9.90 Å². The molecule has 8 heteroatoms. The molecule has 21 heavy (non-hydrogen) atoms. The highest BCUT2D eigenvalue weighted by Gasteiger charge is 2.22. The molecule has 2 rings (SSSR count). The third-order valence-electron chi connectivity index (χ3n) is 3.14. The van der Waals surface area contributed by atoms with Gasteiger partial charge in [0, 0.05) is 17.5 Å². The first-order valence-corrected chi connectivity index (χ1v) is 6.70. The van der Waals surface area contributed by atoms with Gasteiger partial charge in [-0.3, -0.25) is 4.68 Å². The van der Waals surface area contributed by atoms with Gasteiger partial charge in [-0.25, -0.2) is 4.79 Å². The number of aliphatic hydroxyl groups excluding tert-OH is 2. The maximum Gasteiger partial charge on any atom is 0.407 e. The van der Waals surface area contributed by atoms with Crippen molar-refractivity contribution in [2.24, 2.45) is 0 Å². The van der Waals surface area contributed by atoms with E-state index in [1.807, 2.05) is 0 Å². The summed E-state index contributed by atoms with van der Waals surface area (Å²) >= 11 is 5.97. The summed E-state index contributed by atoms with van der Waals surface area (Å²) in [6, 6.07) is 5.06. The van der Waals surface area contributed by atoms with Crippen LogP contribution in [0.4, 0.5) is 4.79 Å². The maximum absolute atomic E-state index is 10.9. The molecule has 0 aliphatic carbocycles. The molecule has 2 aromatic rings. The molecule has 0 spiro atoms. The van der Waals surface area contributed by atoms with Crippen LogP contribution in [-0.2, 0) is 6.54 Å². The SMILES string of the molecule is CN(CC(O)c1c2cc(Cl)ccc2nn1CCO)C(=O)O. The zero-order valence-corrected chi connectivity index (χ0v) is 12.2. The van der Waals surface area contributed by atoms with Crippen molar-refractivity contribution in [3.8, 4) is 0 Å². The van der Waals surface area contributed by atoms with Gasteiger partial charge in [0.1, 0.15) is 6.10 Å². The molecular weight excluding hydrogens is 298 g/mol. The van der Waals surface area contributed by atoms with Crippen molar-refractivity contribution in [1.29, 1.82) is 0 Å². The first-order chi connectivity index (χ1) is 9.93. The molecule has 1 unspecified atom stereocenters. The molecule has 0 fully saturated rings. The Bertz CT molecular complexity index is 658. The number of likely N-dealkylation sites (N-methyl/N-ethyl adjacent to an activating group) is 1. The van der Waals surface area contributed by atoms with Gasteiger partial charge in [-0.05, 0) is 18.2 Å². The predicted molar refractivity (Wildman–Crippen MR) is 77.4 cm³/mol. The third-order valence-corrected chi connectivity index (χ3v) is 3.38. The van der Waals surface area contributed by atoms with E-state index in [4.69, 9.17) is 21.8 Å². The van der Waals surface area contributed by atoms with E-state index < -0.39 is 12.2 Å². The van der Waals surface area contributed by atoms with Gasteiger partial charge in [0.05, 0.1) is 30.9 Å². The molecule has 0 saturated carbocycles. The average molecular weight is 314 g/mol. The number of hydrogen-bond donors (Lipinski definition) is 3. The molecule has 114 valence electrons. The van der Waals surface area contributed by atoms with Crippen LogP contribution in [0, 0.1) is 0 Å². The molecule has 0 aliphatic rings. The molecule has 1 aromatic carbocycles. The van der Waals surface area contributed by atoms with Crippen molar-refractivity contribution in [1.82, 2.24) is 14.7 Å². The Morgan fingerprint density at radius 2 is 2.24 bits per heavy atom. The highest BCUT2D eigenvalue weighted by atomic mass is 35.5. The number of halogens is 1. The molecule has 1 atom stereocenters. The Morgan fingerprint density at radius 3 is 2.86 bits per heavy atom. The number of fused-ring (bicyclic) bond motifs is 1. The van der Waals surface area contributed by atoms with Crippen molar-refractivity contribution in [2.75, 3.05) is 20.2 Å². The lowest BCUT2D eigenvalue weighted by atomic mass is 10.1. The fourth-order valence-electron chi connectivity index (χ4n) is 2.16. The van der Waals surface area contributed by atoms with Crippen molar-refractivity contribution >= 4 is 28.6 Å². The summed E-state index contributed by atoms with van der Waals surface area (Å²) in [7, 11) is 1.37. The van der Waals surface area contributed by atoms with Gasteiger partial charge in [-0.15, -0.1) is 0 Å². The van der Waals surface area contributed by atoms with Gasteiger partial charge in [0.15, 0.2) is 0 Å². The number of hydrogen-bond acceptors (Lipinski definition) is 4. The standard InChI is InChI=1S/C13H16ClN3O4/c1-16(13(20)21)7-11(19)12-9-6-8(14)2-3-10(9)15-17(12)4-5-18/h2-3,6,11,18-19H,4-5,7H2,1H3,(H,20,21). The minimum atomic E-state index is -1.13. The number of amides is 1. The number of nitrogens with zero attached hydrogens (tertiary/aromatic N) is 3. The van der Waals surface area contributed by atoms with Gasteiger partial charge >= 0.3 is 6.09 Å². The highest BCUT2D eigenvalue weighted by molar-refractivity contribution is 6.31. The fraction of sp³-hybridized carbons (Fsp3) is 0.385. The summed E-state index contributed by atoms with van der Waals surface area (Å²) in [5.74, 6) is 0. The summed E-state index contributed by atoms with van der Waals surface area (Å²) in [5, 5.41) is 33.7. The van der Waals surface area contributed by atoms with E-state index in [1.165, 1.54) is 11.7 Å². The lowest BCUT2D eigenvalue weighted by Gasteiger charge is -2.19. The lowest BCUT2D eigenvalue weighted by Crippen LogP contribution is -2.30. The smallest absolute Gasteiger partial charge is 0.407 e. The second-order valence-corrected chi connectivity index (χ2v) is 5.11. The van der Waals surface area contributed by atoms with Crippen molar-refractivity contribution in [2.45, 2.75) is 12.6 Å². The lowest BCUT2D eigenvalue weighted by molar-refractivity contribution is 0.103. The first-order valence-electron chi connectivity index (χ1n) is 6.33. The van der Waals surface area contributed by atoms with E-state index in [0.29, 0.717) is 21.6 Å². The molecule has 0 bridgehead atoms. The van der Waals surface area contributed by atoms with Crippen LogP contribution < -0.4 is 0 Å². The van der Waals surface area contributed by atoms with Crippen LogP contribution in [0.2, 0.25) is 5.02 Å². The minimum Gasteiger partial charge on any atom is -0.465 e. The first kappa shape index (κ1) is 15.6. The summed E-state index contributed by atoms with van der Waals surface area (Å²) in [5.41, 5.74) is 1.06. The highest BCUT2D eigenvalue weighted by Crippen LogP contribution is 2.27. The van der Waals surface area contributed by atoms with Crippen LogP contribution >= 0.6 is 11.6 Å². The van der Waals surface area contributed by atoms with Crippen molar-refractivity contribution in [3.05, 3.63) is 28.9 Å². The largest absolute Gasteiger partial charge is 0.465 e. The number of benzene rings is 1. The van der Waals surface area contributed by atoms with Gasteiger partial charge < -0.3 is 20.2 Å². The normalized spacial score (nSPS) is 12.6. The van der Waals surface area contributed by atoms with Crippen molar-refractivity contribution in [3.63, 3.8) is 0 Å². The predicted octanol–water partition coefficient (Wildman–Crippen LogP) is 1.33. The summed E-state index contributed by atoms with van der Waals surface area (Å²) < 4.78 is 1.47. The van der Waals surface area contributed by atoms with Crippen LogP contribution in [0.5, 0.6) is 0 Å². The van der Waals surface area contributed by atoms with Crippen LogP contribution in [0.15, 0.2) is 18.2 Å². The van der Waals surface area contributed by atoms with E-state index >= 15 is 0 Å². The fourth-order valence-corrected chi connectivity index (χ4v) is 2.34. The van der Waals surface area contributed by atoms with Crippen molar-refractivity contribution < 1.29 is 20.1 Å². The molecule has 7 nitrogen and oxygen atoms in total. The Balaban J connectivity index is 2.45. The summed E-state index contributed by atoms with van der Waals surface area (Å²) in [4.78, 5) is 11.8. The molecule has 0 aliphatic heterocycles. The number of rotatable bonds is 5. The summed E-state index contributed by atoms with van der Waals surface area (Å²) in [6.45, 7) is -0.0419. The Labute approximate surface area is 126 Å². The number of aromatic nitrogens is 2. The van der Waals surface area contributed by atoms with E-state index in [0.717, 1.165) is 4.90 Å². The molecule has 0 saturated heterocycles. The molecule has 1 heterocycles. The topological polar surface area (TPSA) is 98.8 Å². The number of carboxylic acid groups (broad SMARTS) is 1. The van der Waals surface area contributed by atoms with Gasteiger partial charge in [0.25, 0.3) is 0 Å². The Hall–Kier alpha value is -1.83. The van der Waals surface area contributed by atoms with Gasteiger partial charge in [-0.1, -0.05) is 11.6 Å². The zero-order valence-electron chi connectivity index (χ0n) is 11.4. The van der Waals surface area contributed by atoms with Gasteiger partial charge in [-0.2, -0.15) is 5.10 Å². The second kappa shape index (κ2) is 6.30. The second-order valence-electron chi connectivity index (χ2n) is 4.67. The van der Waals surface area contributed by atoms with Crippen LogP contribution in [0.1, 0.15) is 11.8 Å². The third kappa shape index (κ3) is 3.26. The maximum atomic E-state index is 10.9. The Kier molecular flexibility index (Phi) is 4.66. The van der Waals surface area contributed by atoms with Crippen LogP contribution in [-0.4, -0.2) is 56.3 Å². The minimum absolute atomic E-state index is 0.103. The number of aliphatic hydroxyl groups is 2. The van der Waals surface area contributed by atoms with E-state index in [2.05, 4.69) is 5.10 Å². The van der Waals surface area contributed by atoms with Crippen LogP contribution in [0.25, 0.3) is 10.9 Å². The van der Waals surface area contributed by atoms with E-state index in [-0.39, 0.29) is 19.7 Å². The van der Waals surface area contributed by atoms with Crippen LogP contribution in [0.3, 0.4) is 0 Å². The Morgan fingerprint density at radius 1 is 1.52 bits per heavy atom. The molecule has 1 aromatic heterocycles. The quantitative estimate of drug-likeness (QED) is 0.773. The van der Waals surface area contributed by atoms with Gasteiger partial charge in [0.2, 0.25) is 0 Å². The summed E-state index contributed by atoms with van der Waals surface area (Å²) in [6.07, 6.45) is -2.20. The molecule has 1 amide bonds. The average Bonchev–Trinajstić information content (AvgIpc) is 2.76. The molecule has 0 radical (unpaired) electrons.